The zero-order valence-corrected chi connectivity index (χ0v) is 9.59. The molecular weight excluding hydrogens is 230 g/mol. The second kappa shape index (κ2) is 5.95. The van der Waals surface area contributed by atoms with Crippen LogP contribution in [0.3, 0.4) is 0 Å². The van der Waals surface area contributed by atoms with Crippen molar-refractivity contribution in [2.75, 3.05) is 0 Å². The van der Waals surface area contributed by atoms with Crippen molar-refractivity contribution >= 4 is 23.5 Å². The van der Waals surface area contributed by atoms with E-state index in [0.717, 1.165) is 0 Å². The van der Waals surface area contributed by atoms with Crippen LogP contribution >= 0.6 is 11.6 Å². The second-order valence-corrected chi connectivity index (χ2v) is 3.47. The lowest BCUT2D eigenvalue weighted by molar-refractivity contribution is 0.0874. The average molecular weight is 240 g/mol. The van der Waals surface area contributed by atoms with Crippen LogP contribution < -0.4 is 0 Å². The van der Waals surface area contributed by atoms with Gasteiger partial charge in [0.1, 0.15) is 11.3 Å². The molecule has 84 valence electrons. The summed E-state index contributed by atoms with van der Waals surface area (Å²) in [6.45, 7) is 3.69. The quantitative estimate of drug-likeness (QED) is 0.201. The summed E-state index contributed by atoms with van der Waals surface area (Å²) in [5.41, 5.74) is 9.16. The highest BCUT2D eigenvalue weighted by Gasteiger charge is 2.04. The molecule has 1 heterocycles. The van der Waals surface area contributed by atoms with Crippen LogP contribution in [0.2, 0.25) is 5.15 Å². The maximum absolute atomic E-state index is 8.37. The van der Waals surface area contributed by atoms with Gasteiger partial charge in [-0.1, -0.05) is 21.9 Å². The molecule has 7 heteroatoms. The molecule has 1 aromatic heterocycles. The van der Waals surface area contributed by atoms with Crippen molar-refractivity contribution in [1.29, 1.82) is 0 Å². The standard InChI is InChI=1S/C9H10ClN5O/c1-6(2)16-13-5-7-8(14-15-11)3-4-12-9(7)10/h3-6H,1-2H3. The Labute approximate surface area is 97.5 Å². The predicted molar refractivity (Wildman–Crippen MR) is 61.9 cm³/mol. The molecule has 0 aromatic carbocycles. The van der Waals surface area contributed by atoms with Crippen LogP contribution in [0.1, 0.15) is 19.4 Å². The van der Waals surface area contributed by atoms with Crippen LogP contribution in [-0.4, -0.2) is 17.3 Å². The fourth-order valence-electron chi connectivity index (χ4n) is 0.898. The molecule has 0 bridgehead atoms. The molecular formula is C9H10ClN5O. The monoisotopic (exact) mass is 239 g/mol. The molecule has 1 aromatic rings. The van der Waals surface area contributed by atoms with E-state index in [4.69, 9.17) is 22.0 Å². The van der Waals surface area contributed by atoms with Crippen molar-refractivity contribution in [2.45, 2.75) is 20.0 Å². The van der Waals surface area contributed by atoms with Crippen molar-refractivity contribution in [1.82, 2.24) is 4.98 Å². The third-order valence-electron chi connectivity index (χ3n) is 1.52. The summed E-state index contributed by atoms with van der Waals surface area (Å²) in [6, 6.07) is 1.54. The smallest absolute Gasteiger partial charge is 0.138 e. The van der Waals surface area contributed by atoms with E-state index in [0.29, 0.717) is 11.3 Å². The molecule has 0 amide bonds. The highest BCUT2D eigenvalue weighted by Crippen LogP contribution is 2.22. The van der Waals surface area contributed by atoms with E-state index in [1.165, 1.54) is 12.4 Å². The van der Waals surface area contributed by atoms with E-state index in [2.05, 4.69) is 20.2 Å². The van der Waals surface area contributed by atoms with Gasteiger partial charge in [0.05, 0.1) is 11.9 Å². The highest BCUT2D eigenvalue weighted by atomic mass is 35.5. The van der Waals surface area contributed by atoms with Crippen LogP contribution in [0.15, 0.2) is 22.5 Å². The van der Waals surface area contributed by atoms with Gasteiger partial charge < -0.3 is 4.84 Å². The normalized spacial score (nSPS) is 10.5. The lowest BCUT2D eigenvalue weighted by atomic mass is 10.2. The molecule has 0 atom stereocenters. The van der Waals surface area contributed by atoms with Gasteiger partial charge in [0.15, 0.2) is 0 Å². The first-order chi connectivity index (χ1) is 7.65. The van der Waals surface area contributed by atoms with Gasteiger partial charge in [-0.05, 0) is 25.4 Å². The summed E-state index contributed by atoms with van der Waals surface area (Å²) in [6.07, 6.45) is 2.79. The zero-order chi connectivity index (χ0) is 12.0. The van der Waals surface area contributed by atoms with Gasteiger partial charge in [-0.25, -0.2) is 4.98 Å². The van der Waals surface area contributed by atoms with E-state index in [1.807, 2.05) is 13.8 Å². The van der Waals surface area contributed by atoms with Gasteiger partial charge in [-0.2, -0.15) is 0 Å². The Balaban J connectivity index is 3.01. The van der Waals surface area contributed by atoms with Gasteiger partial charge in [-0.15, -0.1) is 0 Å². The molecule has 0 saturated carbocycles. The molecule has 0 spiro atoms. The number of oxime groups is 1. The number of pyridine rings is 1. The Morgan fingerprint density at radius 2 is 2.38 bits per heavy atom. The molecule has 16 heavy (non-hydrogen) atoms. The molecule has 0 unspecified atom stereocenters. The molecule has 1 rings (SSSR count). The number of hydrogen-bond acceptors (Lipinski definition) is 4. The zero-order valence-electron chi connectivity index (χ0n) is 8.83. The number of hydrogen-bond donors (Lipinski definition) is 0. The van der Waals surface area contributed by atoms with Crippen molar-refractivity contribution in [3.63, 3.8) is 0 Å². The molecule has 6 nitrogen and oxygen atoms in total. The summed E-state index contributed by atoms with van der Waals surface area (Å²) in [7, 11) is 0. The van der Waals surface area contributed by atoms with Crippen LogP contribution in [-0.2, 0) is 4.84 Å². The average Bonchev–Trinajstić information content (AvgIpc) is 2.22. The highest BCUT2D eigenvalue weighted by molar-refractivity contribution is 6.32. The topological polar surface area (TPSA) is 83.2 Å². The number of halogens is 1. The maximum Gasteiger partial charge on any atom is 0.138 e. The van der Waals surface area contributed by atoms with Gasteiger partial charge in [0.2, 0.25) is 0 Å². The van der Waals surface area contributed by atoms with Crippen LogP contribution in [0.5, 0.6) is 0 Å². The summed E-state index contributed by atoms with van der Waals surface area (Å²) in [4.78, 5) is 11.5. The Morgan fingerprint density at radius 3 is 3.00 bits per heavy atom. The van der Waals surface area contributed by atoms with E-state index in [9.17, 15) is 0 Å². The molecule has 0 fully saturated rings. The lowest BCUT2D eigenvalue weighted by Crippen LogP contribution is -1.96. The fraction of sp³-hybridized carbons (Fsp3) is 0.333. The minimum Gasteiger partial charge on any atom is -0.393 e. The minimum absolute atomic E-state index is 0.0328. The van der Waals surface area contributed by atoms with E-state index in [1.54, 1.807) is 6.07 Å². The van der Waals surface area contributed by atoms with Crippen LogP contribution in [0.25, 0.3) is 10.4 Å². The molecule has 0 saturated heterocycles. The Bertz CT molecular complexity index is 440. The summed E-state index contributed by atoms with van der Waals surface area (Å²) >= 11 is 5.84. The van der Waals surface area contributed by atoms with Gasteiger partial charge >= 0.3 is 0 Å². The van der Waals surface area contributed by atoms with E-state index in [-0.39, 0.29) is 11.3 Å². The van der Waals surface area contributed by atoms with Crippen molar-refractivity contribution in [2.24, 2.45) is 10.3 Å². The molecule has 0 aliphatic carbocycles. The third-order valence-corrected chi connectivity index (χ3v) is 1.83. The SMILES string of the molecule is CC(C)ON=Cc1c(N=[N+]=[N-])ccnc1Cl. The van der Waals surface area contributed by atoms with E-state index < -0.39 is 0 Å². The lowest BCUT2D eigenvalue weighted by Gasteiger charge is -2.03. The largest absolute Gasteiger partial charge is 0.393 e. The van der Waals surface area contributed by atoms with Crippen molar-refractivity contribution < 1.29 is 4.84 Å². The molecule has 0 N–H and O–H groups in total. The van der Waals surface area contributed by atoms with E-state index >= 15 is 0 Å². The first kappa shape index (κ1) is 12.3. The Hall–Kier alpha value is -1.78. The number of aromatic nitrogens is 1. The Kier molecular flexibility index (Phi) is 4.57. The summed E-state index contributed by atoms with van der Waals surface area (Å²) in [5, 5.41) is 7.40. The predicted octanol–water partition coefficient (Wildman–Crippen LogP) is 3.44. The van der Waals surface area contributed by atoms with Gasteiger partial charge in [0, 0.05) is 16.7 Å². The Morgan fingerprint density at radius 1 is 1.62 bits per heavy atom. The third kappa shape index (κ3) is 3.42. The van der Waals surface area contributed by atoms with Crippen LogP contribution in [0, 0.1) is 0 Å². The molecule has 0 aliphatic rings. The number of nitrogens with zero attached hydrogens (tertiary/aromatic N) is 5. The number of azide groups is 1. The van der Waals surface area contributed by atoms with Crippen LogP contribution in [0.4, 0.5) is 5.69 Å². The molecule has 0 aliphatic heterocycles. The van der Waals surface area contributed by atoms with Gasteiger partial charge in [0.25, 0.3) is 0 Å². The fourth-order valence-corrected chi connectivity index (χ4v) is 1.10. The molecule has 0 radical (unpaired) electrons. The van der Waals surface area contributed by atoms with Gasteiger partial charge in [-0.3, -0.25) is 0 Å². The summed E-state index contributed by atoms with van der Waals surface area (Å²) < 4.78 is 0. The second-order valence-electron chi connectivity index (χ2n) is 3.11. The first-order valence-corrected chi connectivity index (χ1v) is 4.91. The van der Waals surface area contributed by atoms with Crippen molar-refractivity contribution in [3.8, 4) is 0 Å². The van der Waals surface area contributed by atoms with Crippen molar-refractivity contribution in [3.05, 3.63) is 33.4 Å². The first-order valence-electron chi connectivity index (χ1n) is 4.54. The minimum atomic E-state index is -0.0328. The summed E-state index contributed by atoms with van der Waals surface area (Å²) in [5.74, 6) is 0. The maximum atomic E-state index is 8.37. The number of rotatable bonds is 4.